The number of aliphatic hydroxyl groups is 1. The summed E-state index contributed by atoms with van der Waals surface area (Å²) >= 11 is 0. The van der Waals surface area contributed by atoms with Crippen molar-refractivity contribution >= 4 is 29.9 Å². The zero-order valence-corrected chi connectivity index (χ0v) is 18.5. The third-order valence-corrected chi connectivity index (χ3v) is 5.07. The second kappa shape index (κ2) is 11.7. The minimum Gasteiger partial charge on any atom is -0.493 e. The number of hydrogen-bond donors (Lipinski definition) is 3. The summed E-state index contributed by atoms with van der Waals surface area (Å²) in [6.45, 7) is 7.53. The Morgan fingerprint density at radius 1 is 1.26 bits per heavy atom. The molecule has 3 N–H and O–H groups in total. The molecule has 0 radical (unpaired) electrons. The molecule has 1 aromatic carbocycles. The molecule has 3 rings (SSSR count). The average molecular weight is 488 g/mol. The number of piperidine rings is 1. The van der Waals surface area contributed by atoms with Gasteiger partial charge in [-0.1, -0.05) is 18.2 Å². The average Bonchev–Trinajstić information content (AvgIpc) is 2.67. The minimum atomic E-state index is -0.101. The van der Waals surface area contributed by atoms with E-state index >= 15 is 0 Å². The van der Waals surface area contributed by atoms with Gasteiger partial charge in [-0.25, -0.2) is 0 Å². The summed E-state index contributed by atoms with van der Waals surface area (Å²) in [7, 11) is 0. The Hall–Kier alpha value is -1.06. The van der Waals surface area contributed by atoms with Crippen LogP contribution in [-0.4, -0.2) is 61.4 Å². The predicted molar refractivity (Wildman–Crippen MR) is 120 cm³/mol. The molecule has 0 bridgehead atoms. The van der Waals surface area contributed by atoms with Gasteiger partial charge in [-0.15, -0.1) is 24.0 Å². The number of benzene rings is 1. The van der Waals surface area contributed by atoms with Crippen molar-refractivity contribution in [2.45, 2.75) is 44.8 Å². The van der Waals surface area contributed by atoms with Crippen LogP contribution in [0.1, 0.15) is 44.2 Å². The lowest BCUT2D eigenvalue weighted by atomic mass is 10.0. The van der Waals surface area contributed by atoms with Gasteiger partial charge in [0, 0.05) is 38.2 Å². The van der Waals surface area contributed by atoms with Gasteiger partial charge in [0.2, 0.25) is 0 Å². The van der Waals surface area contributed by atoms with E-state index in [1.54, 1.807) is 0 Å². The molecule has 152 valence electrons. The van der Waals surface area contributed by atoms with Crippen molar-refractivity contribution in [1.29, 1.82) is 0 Å². The quantitative estimate of drug-likeness (QED) is 0.249. The molecule has 1 atom stereocenters. The second-order valence-corrected chi connectivity index (χ2v) is 7.06. The molecule has 2 aliphatic rings. The maximum absolute atomic E-state index is 9.58. The van der Waals surface area contributed by atoms with E-state index in [4.69, 9.17) is 9.73 Å². The first-order chi connectivity index (χ1) is 12.8. The number of rotatable bonds is 6. The second-order valence-electron chi connectivity index (χ2n) is 7.06. The summed E-state index contributed by atoms with van der Waals surface area (Å²) in [4.78, 5) is 7.19. The van der Waals surface area contributed by atoms with Crippen LogP contribution >= 0.6 is 24.0 Å². The van der Waals surface area contributed by atoms with Crippen molar-refractivity contribution in [2.24, 2.45) is 4.99 Å². The standard InChI is InChI=1S/C20H32N4O2.HI/c1-2-21-20(22-11-5-12-24-13-8-16(25)9-14-24)23-18-10-15-26-19-7-4-3-6-17(18)19;/h3-4,6-7,16,18,25H,2,5,8-15H2,1H3,(H2,21,22,23);1H. The lowest BCUT2D eigenvalue weighted by molar-refractivity contribution is 0.0824. The first-order valence-electron chi connectivity index (χ1n) is 9.93. The van der Waals surface area contributed by atoms with E-state index < -0.39 is 0 Å². The molecule has 7 heteroatoms. The van der Waals surface area contributed by atoms with Gasteiger partial charge in [-0.2, -0.15) is 0 Å². The maximum atomic E-state index is 9.58. The Balaban J connectivity index is 0.00000261. The third-order valence-electron chi connectivity index (χ3n) is 5.07. The summed E-state index contributed by atoms with van der Waals surface area (Å²) in [6.07, 6.45) is 3.68. The van der Waals surface area contributed by atoms with Crippen LogP contribution in [-0.2, 0) is 0 Å². The Kier molecular flexibility index (Phi) is 9.64. The fourth-order valence-electron chi connectivity index (χ4n) is 3.61. The number of para-hydroxylation sites is 1. The third kappa shape index (κ3) is 6.80. The first kappa shape index (κ1) is 22.2. The van der Waals surface area contributed by atoms with Crippen LogP contribution in [0.5, 0.6) is 5.75 Å². The topological polar surface area (TPSA) is 69.1 Å². The van der Waals surface area contributed by atoms with E-state index in [2.05, 4.69) is 34.6 Å². The summed E-state index contributed by atoms with van der Waals surface area (Å²) in [5.74, 6) is 1.85. The molecule has 0 aromatic heterocycles. The lowest BCUT2D eigenvalue weighted by Crippen LogP contribution is -2.41. The van der Waals surface area contributed by atoms with Crippen LogP contribution in [0.15, 0.2) is 29.3 Å². The van der Waals surface area contributed by atoms with Crippen LogP contribution in [0.4, 0.5) is 0 Å². The van der Waals surface area contributed by atoms with E-state index in [-0.39, 0.29) is 36.1 Å². The number of ether oxygens (including phenoxy) is 1. The molecular formula is C20H33IN4O2. The predicted octanol–water partition coefficient (Wildman–Crippen LogP) is 2.53. The molecule has 6 nitrogen and oxygen atoms in total. The molecule has 0 aliphatic carbocycles. The zero-order chi connectivity index (χ0) is 18.2. The Labute approximate surface area is 179 Å². The van der Waals surface area contributed by atoms with Gasteiger partial charge in [-0.3, -0.25) is 4.99 Å². The van der Waals surface area contributed by atoms with Gasteiger partial charge in [0.1, 0.15) is 5.75 Å². The number of guanidine groups is 1. The molecule has 0 amide bonds. The first-order valence-corrected chi connectivity index (χ1v) is 9.93. The van der Waals surface area contributed by atoms with Crippen molar-refractivity contribution < 1.29 is 9.84 Å². The van der Waals surface area contributed by atoms with Gasteiger partial charge in [0.25, 0.3) is 0 Å². The molecule has 2 heterocycles. The molecule has 2 aliphatic heterocycles. The highest BCUT2D eigenvalue weighted by atomic mass is 127. The summed E-state index contributed by atoms with van der Waals surface area (Å²) in [5.41, 5.74) is 1.20. The van der Waals surface area contributed by atoms with Crippen molar-refractivity contribution in [3.05, 3.63) is 29.8 Å². The van der Waals surface area contributed by atoms with Crippen molar-refractivity contribution in [2.75, 3.05) is 39.3 Å². The van der Waals surface area contributed by atoms with Crippen LogP contribution in [0.2, 0.25) is 0 Å². The molecule has 0 saturated carbocycles. The number of likely N-dealkylation sites (tertiary alicyclic amines) is 1. The highest BCUT2D eigenvalue weighted by Gasteiger charge is 2.21. The largest absolute Gasteiger partial charge is 0.493 e. The lowest BCUT2D eigenvalue weighted by Gasteiger charge is -2.29. The van der Waals surface area contributed by atoms with E-state index in [0.29, 0.717) is 0 Å². The van der Waals surface area contributed by atoms with E-state index in [9.17, 15) is 5.11 Å². The maximum Gasteiger partial charge on any atom is 0.191 e. The van der Waals surface area contributed by atoms with Gasteiger partial charge < -0.3 is 25.4 Å². The van der Waals surface area contributed by atoms with Crippen LogP contribution in [0.3, 0.4) is 0 Å². The molecule has 1 unspecified atom stereocenters. The highest BCUT2D eigenvalue weighted by molar-refractivity contribution is 14.0. The summed E-state index contributed by atoms with van der Waals surface area (Å²) < 4.78 is 5.74. The number of hydrogen-bond acceptors (Lipinski definition) is 4. The van der Waals surface area contributed by atoms with Crippen molar-refractivity contribution in [3.8, 4) is 5.75 Å². The van der Waals surface area contributed by atoms with Crippen molar-refractivity contribution in [3.63, 3.8) is 0 Å². The van der Waals surface area contributed by atoms with Crippen LogP contribution in [0, 0.1) is 0 Å². The summed E-state index contributed by atoms with van der Waals surface area (Å²) in [6, 6.07) is 8.46. The fourth-order valence-corrected chi connectivity index (χ4v) is 3.61. The molecule has 1 aromatic rings. The fraction of sp³-hybridized carbons (Fsp3) is 0.650. The minimum absolute atomic E-state index is 0. The normalized spacial score (nSPS) is 21.0. The Morgan fingerprint density at radius 3 is 2.81 bits per heavy atom. The van der Waals surface area contributed by atoms with E-state index in [0.717, 1.165) is 76.7 Å². The molecule has 1 fully saturated rings. The monoisotopic (exact) mass is 488 g/mol. The van der Waals surface area contributed by atoms with E-state index in [1.807, 2.05) is 12.1 Å². The molecule has 1 saturated heterocycles. The van der Waals surface area contributed by atoms with Crippen molar-refractivity contribution in [1.82, 2.24) is 15.5 Å². The summed E-state index contributed by atoms with van der Waals surface area (Å²) in [5, 5.41) is 16.5. The van der Waals surface area contributed by atoms with Gasteiger partial charge in [0.15, 0.2) is 5.96 Å². The Bertz CT molecular complexity index is 591. The highest BCUT2D eigenvalue weighted by Crippen LogP contribution is 2.31. The van der Waals surface area contributed by atoms with Gasteiger partial charge >= 0.3 is 0 Å². The smallest absolute Gasteiger partial charge is 0.191 e. The molecule has 27 heavy (non-hydrogen) atoms. The number of nitrogens with zero attached hydrogens (tertiary/aromatic N) is 2. The zero-order valence-electron chi connectivity index (χ0n) is 16.2. The Morgan fingerprint density at radius 2 is 2.04 bits per heavy atom. The number of aliphatic imine (C=N–C) groups is 1. The number of nitrogens with one attached hydrogen (secondary N) is 2. The van der Waals surface area contributed by atoms with Gasteiger partial charge in [0.05, 0.1) is 18.8 Å². The van der Waals surface area contributed by atoms with Crippen LogP contribution in [0.25, 0.3) is 0 Å². The molecular weight excluding hydrogens is 455 g/mol. The van der Waals surface area contributed by atoms with E-state index in [1.165, 1.54) is 5.56 Å². The number of aliphatic hydroxyl groups excluding tert-OH is 1. The number of fused-ring (bicyclic) bond motifs is 1. The molecule has 0 spiro atoms. The number of halogens is 1. The van der Waals surface area contributed by atoms with Crippen LogP contribution < -0.4 is 15.4 Å². The van der Waals surface area contributed by atoms with Gasteiger partial charge in [-0.05, 0) is 38.8 Å². The SMILES string of the molecule is CCNC(=NCCCN1CCC(O)CC1)NC1CCOc2ccccc21.I.